The molecule has 1 N–H and O–H groups in total. The summed E-state index contributed by atoms with van der Waals surface area (Å²) in [4.78, 5) is 12.8. The van der Waals surface area contributed by atoms with E-state index in [4.69, 9.17) is 0 Å². The Labute approximate surface area is 158 Å². The van der Waals surface area contributed by atoms with E-state index in [0.29, 0.717) is 6.54 Å². The number of carbonyl (C=O) groups excluding carboxylic acids is 1. The highest BCUT2D eigenvalue weighted by Crippen LogP contribution is 2.23. The van der Waals surface area contributed by atoms with Crippen molar-refractivity contribution in [3.63, 3.8) is 0 Å². The van der Waals surface area contributed by atoms with E-state index in [9.17, 15) is 4.79 Å². The first-order chi connectivity index (χ1) is 12.6. The van der Waals surface area contributed by atoms with Crippen LogP contribution in [-0.2, 0) is 4.79 Å². The number of nitrogens with one attached hydrogen (secondary N) is 1. The fraction of sp³-hybridized carbons (Fsp3) is 0.333. The lowest BCUT2D eigenvalue weighted by molar-refractivity contribution is -0.122. The summed E-state index contributed by atoms with van der Waals surface area (Å²) in [5, 5.41) is 12.0. The molecule has 2 unspecified atom stereocenters. The predicted molar refractivity (Wildman–Crippen MR) is 107 cm³/mol. The summed E-state index contributed by atoms with van der Waals surface area (Å²) >= 11 is 1.66. The summed E-state index contributed by atoms with van der Waals surface area (Å²) in [6.07, 6.45) is 0.777. The number of carbonyl (C=O) groups is 1. The summed E-state index contributed by atoms with van der Waals surface area (Å²) in [5.41, 5.74) is 4.33. The summed E-state index contributed by atoms with van der Waals surface area (Å²) < 4.78 is 2.02. The molecule has 136 valence electrons. The van der Waals surface area contributed by atoms with E-state index in [1.54, 1.807) is 11.3 Å². The van der Waals surface area contributed by atoms with Gasteiger partial charge in [-0.1, -0.05) is 37.3 Å². The number of hydrogen-bond acceptors (Lipinski definition) is 3. The van der Waals surface area contributed by atoms with Gasteiger partial charge in [-0.15, -0.1) is 0 Å². The first-order valence-electron chi connectivity index (χ1n) is 8.97. The molecule has 5 heteroatoms. The molecule has 0 aliphatic carbocycles. The van der Waals surface area contributed by atoms with Crippen LogP contribution in [0.4, 0.5) is 0 Å². The van der Waals surface area contributed by atoms with Crippen molar-refractivity contribution in [2.24, 2.45) is 0 Å². The van der Waals surface area contributed by atoms with Crippen LogP contribution >= 0.6 is 11.3 Å². The van der Waals surface area contributed by atoms with Crippen LogP contribution in [0, 0.1) is 13.8 Å². The molecule has 3 aromatic rings. The third-order valence-electron chi connectivity index (χ3n) is 4.66. The second-order valence-electron chi connectivity index (χ2n) is 6.56. The molecular weight excluding hydrogens is 342 g/mol. The van der Waals surface area contributed by atoms with E-state index in [1.807, 2.05) is 41.9 Å². The minimum atomic E-state index is -0.125. The van der Waals surface area contributed by atoms with E-state index >= 15 is 0 Å². The van der Waals surface area contributed by atoms with Gasteiger partial charge in [0.05, 0.1) is 17.7 Å². The van der Waals surface area contributed by atoms with E-state index in [0.717, 1.165) is 23.4 Å². The van der Waals surface area contributed by atoms with Gasteiger partial charge < -0.3 is 5.32 Å². The van der Waals surface area contributed by atoms with Gasteiger partial charge in [-0.3, -0.25) is 9.48 Å². The van der Waals surface area contributed by atoms with Crippen LogP contribution < -0.4 is 5.32 Å². The fourth-order valence-electron chi connectivity index (χ4n) is 3.35. The van der Waals surface area contributed by atoms with Crippen LogP contribution in [0.1, 0.15) is 47.8 Å². The Bertz CT molecular complexity index is 840. The van der Waals surface area contributed by atoms with Crippen molar-refractivity contribution in [1.29, 1.82) is 0 Å². The Hall–Kier alpha value is -2.40. The maximum absolute atomic E-state index is 12.8. The monoisotopic (exact) mass is 367 g/mol. The molecule has 0 fully saturated rings. The first-order valence-corrected chi connectivity index (χ1v) is 9.92. The van der Waals surface area contributed by atoms with Crippen molar-refractivity contribution in [2.45, 2.75) is 39.2 Å². The van der Waals surface area contributed by atoms with E-state index in [-0.39, 0.29) is 17.9 Å². The number of amides is 1. The number of rotatable bonds is 7. The maximum Gasteiger partial charge on any atom is 0.227 e. The molecule has 4 nitrogen and oxygen atoms in total. The normalized spacial score (nSPS) is 13.3. The van der Waals surface area contributed by atoms with Gasteiger partial charge in [-0.05, 0) is 54.3 Å². The third kappa shape index (κ3) is 4.05. The largest absolute Gasteiger partial charge is 0.353 e. The topological polar surface area (TPSA) is 46.9 Å². The fourth-order valence-corrected chi connectivity index (χ4v) is 4.06. The van der Waals surface area contributed by atoms with Crippen LogP contribution in [0.5, 0.6) is 0 Å². The van der Waals surface area contributed by atoms with Gasteiger partial charge in [-0.2, -0.15) is 16.4 Å². The Kier molecular flexibility index (Phi) is 5.89. The number of benzene rings is 1. The minimum absolute atomic E-state index is 0.00665. The second-order valence-corrected chi connectivity index (χ2v) is 7.34. The Balaban J connectivity index is 1.78. The average Bonchev–Trinajstić information content (AvgIpc) is 3.27. The second kappa shape index (κ2) is 8.32. The van der Waals surface area contributed by atoms with E-state index in [1.165, 1.54) is 5.56 Å². The summed E-state index contributed by atoms with van der Waals surface area (Å²) in [6, 6.07) is 14.2. The SMILES string of the molecule is CCC(C(=O)NCC(c1ccsc1)n1nc(C)cc1C)c1ccccc1. The molecular formula is C21H25N3OS. The minimum Gasteiger partial charge on any atom is -0.353 e. The molecule has 2 atom stereocenters. The highest BCUT2D eigenvalue weighted by molar-refractivity contribution is 7.07. The Morgan fingerprint density at radius 2 is 1.96 bits per heavy atom. The molecule has 1 amide bonds. The van der Waals surface area contributed by atoms with Crippen molar-refractivity contribution in [3.8, 4) is 0 Å². The smallest absolute Gasteiger partial charge is 0.227 e. The molecule has 0 aliphatic rings. The summed E-state index contributed by atoms with van der Waals surface area (Å²) in [6.45, 7) is 6.63. The van der Waals surface area contributed by atoms with Gasteiger partial charge in [0, 0.05) is 12.2 Å². The average molecular weight is 368 g/mol. The lowest BCUT2D eigenvalue weighted by Gasteiger charge is -2.21. The number of aromatic nitrogens is 2. The molecule has 26 heavy (non-hydrogen) atoms. The van der Waals surface area contributed by atoms with Crippen LogP contribution in [0.15, 0.2) is 53.2 Å². The zero-order chi connectivity index (χ0) is 18.5. The molecule has 0 saturated heterocycles. The number of hydrogen-bond donors (Lipinski definition) is 1. The van der Waals surface area contributed by atoms with Crippen molar-refractivity contribution in [3.05, 3.63) is 75.7 Å². The molecule has 0 radical (unpaired) electrons. The Morgan fingerprint density at radius 1 is 1.19 bits per heavy atom. The molecule has 0 spiro atoms. The van der Waals surface area contributed by atoms with Crippen LogP contribution in [0.25, 0.3) is 0 Å². The van der Waals surface area contributed by atoms with Gasteiger partial charge in [0.25, 0.3) is 0 Å². The standard InChI is InChI=1S/C21H25N3OS/c1-4-19(17-8-6-5-7-9-17)21(25)22-13-20(18-10-11-26-14-18)24-16(3)12-15(2)23-24/h5-12,14,19-20H,4,13H2,1-3H3,(H,22,25). The number of thiophene rings is 1. The lowest BCUT2D eigenvalue weighted by Crippen LogP contribution is -2.35. The first kappa shape index (κ1) is 18.4. The van der Waals surface area contributed by atoms with Crippen molar-refractivity contribution >= 4 is 17.2 Å². The van der Waals surface area contributed by atoms with Gasteiger partial charge in [0.2, 0.25) is 5.91 Å². The predicted octanol–water partition coefficient (Wildman–Crippen LogP) is 4.46. The zero-order valence-electron chi connectivity index (χ0n) is 15.5. The molecule has 3 rings (SSSR count). The van der Waals surface area contributed by atoms with Gasteiger partial charge >= 0.3 is 0 Å². The van der Waals surface area contributed by atoms with Crippen molar-refractivity contribution in [2.75, 3.05) is 6.54 Å². The summed E-state index contributed by atoms with van der Waals surface area (Å²) in [7, 11) is 0. The number of aryl methyl sites for hydroxylation is 2. The lowest BCUT2D eigenvalue weighted by atomic mass is 9.95. The third-order valence-corrected chi connectivity index (χ3v) is 5.37. The van der Waals surface area contributed by atoms with E-state index in [2.05, 4.69) is 47.2 Å². The summed E-state index contributed by atoms with van der Waals surface area (Å²) in [5.74, 6) is -0.0553. The molecule has 1 aromatic carbocycles. The maximum atomic E-state index is 12.8. The van der Waals surface area contributed by atoms with Gasteiger partial charge in [0.15, 0.2) is 0 Å². The van der Waals surface area contributed by atoms with E-state index < -0.39 is 0 Å². The van der Waals surface area contributed by atoms with Gasteiger partial charge in [-0.25, -0.2) is 0 Å². The number of nitrogens with zero attached hydrogens (tertiary/aromatic N) is 2. The molecule has 0 saturated carbocycles. The molecule has 2 aromatic heterocycles. The zero-order valence-corrected chi connectivity index (χ0v) is 16.3. The van der Waals surface area contributed by atoms with Crippen molar-refractivity contribution < 1.29 is 4.79 Å². The van der Waals surface area contributed by atoms with Crippen LogP contribution in [0.3, 0.4) is 0 Å². The van der Waals surface area contributed by atoms with Crippen LogP contribution in [-0.4, -0.2) is 22.2 Å². The highest BCUT2D eigenvalue weighted by Gasteiger charge is 2.22. The van der Waals surface area contributed by atoms with Crippen molar-refractivity contribution in [1.82, 2.24) is 15.1 Å². The quantitative estimate of drug-likeness (QED) is 0.670. The molecule has 0 aliphatic heterocycles. The molecule has 0 bridgehead atoms. The van der Waals surface area contributed by atoms with Crippen LogP contribution in [0.2, 0.25) is 0 Å². The highest BCUT2D eigenvalue weighted by atomic mass is 32.1. The Morgan fingerprint density at radius 3 is 2.54 bits per heavy atom. The molecule has 2 heterocycles. The van der Waals surface area contributed by atoms with Gasteiger partial charge in [0.1, 0.15) is 0 Å².